The highest BCUT2D eigenvalue weighted by molar-refractivity contribution is 7.89. The smallest absolute Gasteiger partial charge is 0.243 e. The summed E-state index contributed by atoms with van der Waals surface area (Å²) in [4.78, 5) is 4.64. The van der Waals surface area contributed by atoms with Crippen molar-refractivity contribution < 1.29 is 13.2 Å². The molecule has 2 aromatic rings. The van der Waals surface area contributed by atoms with Crippen LogP contribution in [0, 0.1) is 6.92 Å². The van der Waals surface area contributed by atoms with Gasteiger partial charge >= 0.3 is 0 Å². The number of imidazole rings is 1. The van der Waals surface area contributed by atoms with Crippen LogP contribution in [-0.2, 0) is 17.1 Å². The van der Waals surface area contributed by atoms with Gasteiger partial charge in [-0.15, -0.1) is 12.4 Å². The molecule has 1 aliphatic rings. The lowest BCUT2D eigenvalue weighted by atomic mass is 10.2. The first-order valence-electron chi connectivity index (χ1n) is 8.78. The molecule has 1 fully saturated rings. The summed E-state index contributed by atoms with van der Waals surface area (Å²) in [6.07, 6.45) is 3.56. The van der Waals surface area contributed by atoms with Crippen LogP contribution < -0.4 is 10.1 Å². The summed E-state index contributed by atoms with van der Waals surface area (Å²) >= 11 is 0. The van der Waals surface area contributed by atoms with Crippen LogP contribution in [0.25, 0.3) is 0 Å². The lowest BCUT2D eigenvalue weighted by Gasteiger charge is -2.34. The lowest BCUT2D eigenvalue weighted by molar-refractivity contribution is 0.240. The van der Waals surface area contributed by atoms with Crippen LogP contribution >= 0.6 is 12.4 Å². The molecule has 1 aromatic carbocycles. The number of hydrogen-bond acceptors (Lipinski definition) is 5. The van der Waals surface area contributed by atoms with Gasteiger partial charge < -0.3 is 14.6 Å². The second-order valence-electron chi connectivity index (χ2n) is 6.83. The van der Waals surface area contributed by atoms with Gasteiger partial charge in [-0.05, 0) is 44.5 Å². The Morgan fingerprint density at radius 2 is 2.07 bits per heavy atom. The van der Waals surface area contributed by atoms with E-state index in [4.69, 9.17) is 4.74 Å². The maximum atomic E-state index is 13.3. The molecule has 0 radical (unpaired) electrons. The molecule has 150 valence electrons. The highest BCUT2D eigenvalue weighted by Gasteiger charge is 2.36. The summed E-state index contributed by atoms with van der Waals surface area (Å²) in [7, 11) is -1.76. The Morgan fingerprint density at radius 3 is 2.67 bits per heavy atom. The predicted octanol–water partition coefficient (Wildman–Crippen LogP) is 2.27. The van der Waals surface area contributed by atoms with E-state index in [9.17, 15) is 8.42 Å². The molecule has 0 saturated carbocycles. The highest BCUT2D eigenvalue weighted by atomic mass is 35.5. The molecule has 1 aromatic heterocycles. The molecule has 3 rings (SSSR count). The van der Waals surface area contributed by atoms with E-state index in [1.165, 1.54) is 0 Å². The molecule has 2 heterocycles. The zero-order chi connectivity index (χ0) is 18.9. The number of nitrogens with one attached hydrogen (secondary N) is 1. The van der Waals surface area contributed by atoms with E-state index < -0.39 is 10.0 Å². The van der Waals surface area contributed by atoms with Crippen molar-refractivity contribution in [1.82, 2.24) is 19.2 Å². The normalized spacial score (nSPS) is 18.3. The number of aromatic nitrogens is 2. The van der Waals surface area contributed by atoms with Crippen LogP contribution in [0.15, 0.2) is 35.5 Å². The maximum Gasteiger partial charge on any atom is 0.243 e. The molecular weight excluding hydrogens is 388 g/mol. The molecule has 27 heavy (non-hydrogen) atoms. The highest BCUT2D eigenvalue weighted by Crippen LogP contribution is 2.30. The molecule has 0 aliphatic carbocycles. The Labute approximate surface area is 167 Å². The molecule has 1 unspecified atom stereocenters. The molecule has 1 N–H and O–H groups in total. The van der Waals surface area contributed by atoms with Crippen molar-refractivity contribution in [2.75, 3.05) is 19.6 Å². The summed E-state index contributed by atoms with van der Waals surface area (Å²) in [5.74, 6) is 1.44. The Balaban J connectivity index is 0.00000261. The molecular formula is C18H27ClN4O3S. The summed E-state index contributed by atoms with van der Waals surface area (Å²) in [6, 6.07) is 4.71. The first kappa shape index (κ1) is 21.7. The van der Waals surface area contributed by atoms with Crippen LogP contribution in [0.5, 0.6) is 5.75 Å². The van der Waals surface area contributed by atoms with Gasteiger partial charge in [0.25, 0.3) is 0 Å². The second-order valence-corrected chi connectivity index (χ2v) is 8.72. The minimum Gasteiger partial charge on any atom is -0.491 e. The van der Waals surface area contributed by atoms with Crippen LogP contribution in [0.4, 0.5) is 0 Å². The Hall–Kier alpha value is -1.61. The largest absolute Gasteiger partial charge is 0.491 e. The van der Waals surface area contributed by atoms with E-state index in [1.54, 1.807) is 28.7 Å². The number of piperazine rings is 1. The lowest BCUT2D eigenvalue weighted by Crippen LogP contribution is -2.49. The summed E-state index contributed by atoms with van der Waals surface area (Å²) < 4.78 is 35.8. The van der Waals surface area contributed by atoms with Crippen molar-refractivity contribution >= 4 is 22.4 Å². The van der Waals surface area contributed by atoms with Crippen molar-refractivity contribution in [1.29, 1.82) is 0 Å². The minimum absolute atomic E-state index is 0. The Bertz CT molecular complexity index is 882. The molecule has 9 heteroatoms. The average Bonchev–Trinajstić information content (AvgIpc) is 3.02. The summed E-state index contributed by atoms with van der Waals surface area (Å²) in [5.41, 5.74) is 0.809. The first-order chi connectivity index (χ1) is 12.3. The number of nitrogens with zero attached hydrogens (tertiary/aromatic N) is 3. The van der Waals surface area contributed by atoms with Crippen molar-refractivity contribution in [3.05, 3.63) is 42.0 Å². The van der Waals surface area contributed by atoms with Crippen molar-refractivity contribution in [2.24, 2.45) is 7.05 Å². The molecule has 0 bridgehead atoms. The molecule has 1 saturated heterocycles. The maximum absolute atomic E-state index is 13.3. The van der Waals surface area contributed by atoms with Crippen molar-refractivity contribution in [2.45, 2.75) is 37.8 Å². The van der Waals surface area contributed by atoms with E-state index in [0.717, 1.165) is 11.4 Å². The van der Waals surface area contributed by atoms with Crippen molar-refractivity contribution in [3.63, 3.8) is 0 Å². The number of hydrogen-bond donors (Lipinski definition) is 1. The van der Waals surface area contributed by atoms with E-state index >= 15 is 0 Å². The van der Waals surface area contributed by atoms with Gasteiger partial charge in [0.15, 0.2) is 0 Å². The number of halogens is 1. The van der Waals surface area contributed by atoms with E-state index in [-0.39, 0.29) is 29.4 Å². The van der Waals surface area contributed by atoms with Gasteiger partial charge in [0.05, 0.1) is 17.0 Å². The van der Waals surface area contributed by atoms with Gasteiger partial charge in [-0.1, -0.05) is 0 Å². The summed E-state index contributed by atoms with van der Waals surface area (Å²) in [6.45, 7) is 7.32. The zero-order valence-corrected chi connectivity index (χ0v) is 17.7. The fourth-order valence-corrected chi connectivity index (χ4v) is 4.87. The molecule has 7 nitrogen and oxygen atoms in total. The van der Waals surface area contributed by atoms with Gasteiger partial charge in [0.1, 0.15) is 11.6 Å². The van der Waals surface area contributed by atoms with E-state index in [1.807, 2.05) is 38.6 Å². The van der Waals surface area contributed by atoms with E-state index in [0.29, 0.717) is 25.4 Å². The molecule has 0 amide bonds. The summed E-state index contributed by atoms with van der Waals surface area (Å²) in [5, 5.41) is 3.27. The molecule has 1 atom stereocenters. The fraction of sp³-hybridized carbons (Fsp3) is 0.500. The number of aryl methyl sites for hydroxylation is 2. The van der Waals surface area contributed by atoms with Crippen LogP contribution in [0.2, 0.25) is 0 Å². The number of benzene rings is 1. The van der Waals surface area contributed by atoms with E-state index in [2.05, 4.69) is 10.3 Å². The Morgan fingerprint density at radius 1 is 1.33 bits per heavy atom. The Kier molecular flexibility index (Phi) is 6.91. The number of rotatable bonds is 5. The minimum atomic E-state index is -3.64. The van der Waals surface area contributed by atoms with Gasteiger partial charge in [0.2, 0.25) is 10.0 Å². The SMILES string of the molecule is Cc1cc(S(=O)(=O)N2CCNCC2c2nccn2C)ccc1OC(C)C.Cl. The van der Waals surface area contributed by atoms with Crippen LogP contribution in [-0.4, -0.2) is 48.0 Å². The quantitative estimate of drug-likeness (QED) is 0.812. The van der Waals surface area contributed by atoms with Gasteiger partial charge in [-0.25, -0.2) is 13.4 Å². The third kappa shape index (κ3) is 4.45. The first-order valence-corrected chi connectivity index (χ1v) is 10.2. The predicted molar refractivity (Wildman–Crippen MR) is 107 cm³/mol. The topological polar surface area (TPSA) is 76.5 Å². The zero-order valence-electron chi connectivity index (χ0n) is 16.0. The molecule has 0 spiro atoms. The third-order valence-corrected chi connectivity index (χ3v) is 6.37. The van der Waals surface area contributed by atoms with Gasteiger partial charge in [-0.3, -0.25) is 0 Å². The fourth-order valence-electron chi connectivity index (χ4n) is 3.20. The number of sulfonamides is 1. The molecule has 1 aliphatic heterocycles. The average molecular weight is 415 g/mol. The van der Waals surface area contributed by atoms with Crippen molar-refractivity contribution in [3.8, 4) is 5.75 Å². The standard InChI is InChI=1S/C18H26N4O3S.ClH/c1-13(2)25-17-6-5-15(11-14(17)3)26(23,24)22-10-7-19-12-16(22)18-20-8-9-21(18)4;/h5-6,8-9,11,13,16,19H,7,10,12H2,1-4H3;1H. The number of ether oxygens (including phenoxy) is 1. The van der Waals surface area contributed by atoms with Gasteiger partial charge in [0, 0.05) is 39.1 Å². The second kappa shape index (κ2) is 8.60. The monoisotopic (exact) mass is 414 g/mol. The third-order valence-electron chi connectivity index (χ3n) is 4.47. The van der Waals surface area contributed by atoms with Crippen LogP contribution in [0.3, 0.4) is 0 Å². The van der Waals surface area contributed by atoms with Gasteiger partial charge in [-0.2, -0.15) is 4.31 Å². The van der Waals surface area contributed by atoms with Crippen LogP contribution in [0.1, 0.15) is 31.3 Å².